The second-order valence-electron chi connectivity index (χ2n) is 11.4. The van der Waals surface area contributed by atoms with E-state index in [9.17, 15) is 22.4 Å². The van der Waals surface area contributed by atoms with Crippen molar-refractivity contribution >= 4 is 27.5 Å². The van der Waals surface area contributed by atoms with E-state index in [0.717, 1.165) is 15.4 Å². The first-order chi connectivity index (χ1) is 22.5. The molecule has 2 amide bonds. The minimum Gasteiger partial charge on any atom is -0.494 e. The largest absolute Gasteiger partial charge is 0.494 e. The fourth-order valence-corrected chi connectivity index (χ4v) is 6.44. The maximum atomic E-state index is 14.5. The first-order valence-corrected chi connectivity index (χ1v) is 17.2. The zero-order valence-corrected chi connectivity index (χ0v) is 28.0. The van der Waals surface area contributed by atoms with Crippen LogP contribution < -0.4 is 14.4 Å². The quantitative estimate of drug-likeness (QED) is 0.162. The Hall–Kier alpha value is -4.70. The maximum absolute atomic E-state index is 14.5. The van der Waals surface area contributed by atoms with Crippen LogP contribution in [0, 0.1) is 12.7 Å². The van der Waals surface area contributed by atoms with Crippen molar-refractivity contribution in [2.75, 3.05) is 17.5 Å². The lowest BCUT2D eigenvalue weighted by molar-refractivity contribution is -0.140. The summed E-state index contributed by atoms with van der Waals surface area (Å²) in [5.74, 6) is -0.875. The molecule has 0 aliphatic carbocycles. The highest BCUT2D eigenvalue weighted by atomic mass is 32.2. The van der Waals surface area contributed by atoms with E-state index in [2.05, 4.69) is 5.32 Å². The fraction of sp³-hybridized carbons (Fsp3) is 0.297. The van der Waals surface area contributed by atoms with Crippen LogP contribution in [0.3, 0.4) is 0 Å². The van der Waals surface area contributed by atoms with Crippen LogP contribution in [-0.4, -0.2) is 50.4 Å². The Labute approximate surface area is 277 Å². The van der Waals surface area contributed by atoms with Crippen molar-refractivity contribution < 1.29 is 27.1 Å². The molecule has 0 aliphatic heterocycles. The average Bonchev–Trinajstić information content (AvgIpc) is 3.07. The lowest BCUT2D eigenvalue weighted by Gasteiger charge is -2.34. The molecule has 0 unspecified atom stereocenters. The molecule has 0 radical (unpaired) electrons. The van der Waals surface area contributed by atoms with Crippen LogP contribution in [-0.2, 0) is 32.6 Å². The Kier molecular flexibility index (Phi) is 12.1. The predicted octanol–water partition coefficient (Wildman–Crippen LogP) is 6.28. The van der Waals surface area contributed by atoms with E-state index in [0.29, 0.717) is 30.0 Å². The molecule has 4 aromatic carbocycles. The van der Waals surface area contributed by atoms with Crippen molar-refractivity contribution in [2.24, 2.45) is 0 Å². The van der Waals surface area contributed by atoms with Gasteiger partial charge in [0, 0.05) is 19.0 Å². The van der Waals surface area contributed by atoms with Gasteiger partial charge in [0.15, 0.2) is 0 Å². The third-order valence-corrected chi connectivity index (χ3v) is 9.65. The summed E-state index contributed by atoms with van der Waals surface area (Å²) in [5, 5.41) is 3.01. The van der Waals surface area contributed by atoms with Gasteiger partial charge in [-0.2, -0.15) is 0 Å². The van der Waals surface area contributed by atoms with E-state index >= 15 is 0 Å². The number of nitrogens with zero attached hydrogens (tertiary/aromatic N) is 2. The normalized spacial score (nSPS) is 12.5. The van der Waals surface area contributed by atoms with E-state index in [-0.39, 0.29) is 29.8 Å². The molecule has 2 atom stereocenters. The van der Waals surface area contributed by atoms with Crippen molar-refractivity contribution in [3.8, 4) is 5.75 Å². The van der Waals surface area contributed by atoms with Gasteiger partial charge in [0.25, 0.3) is 10.0 Å². The molecule has 0 heterocycles. The number of aryl methyl sites for hydroxylation is 1. The minimum absolute atomic E-state index is 0.0187. The van der Waals surface area contributed by atoms with Crippen LogP contribution in [0.15, 0.2) is 108 Å². The van der Waals surface area contributed by atoms with Gasteiger partial charge in [0.05, 0.1) is 17.2 Å². The topological polar surface area (TPSA) is 96.0 Å². The Morgan fingerprint density at radius 2 is 1.49 bits per heavy atom. The smallest absolute Gasteiger partial charge is 0.264 e. The van der Waals surface area contributed by atoms with E-state index in [4.69, 9.17) is 4.74 Å². The number of hydrogen-bond acceptors (Lipinski definition) is 5. The van der Waals surface area contributed by atoms with Crippen molar-refractivity contribution in [3.05, 3.63) is 126 Å². The molecule has 0 bridgehead atoms. The number of rotatable bonds is 15. The Bertz CT molecular complexity index is 1720. The summed E-state index contributed by atoms with van der Waals surface area (Å²) in [6.45, 7) is 7.35. The lowest BCUT2D eigenvalue weighted by Crippen LogP contribution is -2.54. The number of ether oxygens (including phenoxy) is 1. The number of anilines is 1. The van der Waals surface area contributed by atoms with E-state index in [1.807, 2.05) is 58.0 Å². The number of halogens is 1. The molecule has 0 aromatic heterocycles. The summed E-state index contributed by atoms with van der Waals surface area (Å²) in [7, 11) is -4.25. The van der Waals surface area contributed by atoms with Crippen LogP contribution in [0.2, 0.25) is 0 Å². The van der Waals surface area contributed by atoms with Gasteiger partial charge < -0.3 is 15.0 Å². The Morgan fingerprint density at radius 1 is 0.851 bits per heavy atom. The molecule has 0 saturated carbocycles. The molecular weight excluding hydrogens is 617 g/mol. The molecule has 10 heteroatoms. The van der Waals surface area contributed by atoms with Crippen molar-refractivity contribution in [2.45, 2.75) is 64.1 Å². The summed E-state index contributed by atoms with van der Waals surface area (Å²) in [6, 6.07) is 26.7. The number of nitrogens with one attached hydrogen (secondary N) is 1. The zero-order chi connectivity index (χ0) is 34.0. The van der Waals surface area contributed by atoms with Gasteiger partial charge in [-0.05, 0) is 86.8 Å². The molecule has 4 rings (SSSR count). The molecule has 248 valence electrons. The zero-order valence-electron chi connectivity index (χ0n) is 27.2. The van der Waals surface area contributed by atoms with Crippen LogP contribution in [0.1, 0.15) is 43.9 Å². The summed E-state index contributed by atoms with van der Waals surface area (Å²) in [6.07, 6.45) is 0.865. The standard InChI is InChI=1S/C37H42FN3O5S/c1-5-28(4)39-37(43)35(24-29-10-8-7-9-11-29)40(25-30-14-16-31(38)17-15-30)36(42)26-41(32-18-12-27(3)13-19-32)47(44,45)34-22-20-33(21-23-34)46-6-2/h7-23,28,35H,5-6,24-26H2,1-4H3,(H,39,43)/t28-,35+/m1/s1. The number of amides is 2. The molecule has 8 nitrogen and oxygen atoms in total. The highest BCUT2D eigenvalue weighted by molar-refractivity contribution is 7.92. The maximum Gasteiger partial charge on any atom is 0.264 e. The van der Waals surface area contributed by atoms with Gasteiger partial charge in [-0.1, -0.05) is 67.1 Å². The molecule has 1 N–H and O–H groups in total. The Balaban J connectivity index is 1.79. The molecular formula is C37H42FN3O5S. The van der Waals surface area contributed by atoms with Gasteiger partial charge in [-0.15, -0.1) is 0 Å². The van der Waals surface area contributed by atoms with Gasteiger partial charge >= 0.3 is 0 Å². The van der Waals surface area contributed by atoms with Crippen molar-refractivity contribution in [3.63, 3.8) is 0 Å². The second kappa shape index (κ2) is 16.2. The summed E-state index contributed by atoms with van der Waals surface area (Å²) < 4.78 is 48.8. The molecule has 0 fully saturated rings. The summed E-state index contributed by atoms with van der Waals surface area (Å²) in [4.78, 5) is 29.8. The van der Waals surface area contributed by atoms with Crippen LogP contribution in [0.25, 0.3) is 0 Å². The van der Waals surface area contributed by atoms with Gasteiger partial charge in [-0.3, -0.25) is 13.9 Å². The number of benzene rings is 4. The number of carbonyl (C=O) groups is 2. The van der Waals surface area contributed by atoms with Gasteiger partial charge in [0.2, 0.25) is 11.8 Å². The number of hydrogen-bond donors (Lipinski definition) is 1. The Morgan fingerprint density at radius 3 is 2.09 bits per heavy atom. The van der Waals surface area contributed by atoms with E-state index in [1.165, 1.54) is 29.2 Å². The van der Waals surface area contributed by atoms with Crippen molar-refractivity contribution in [1.29, 1.82) is 0 Å². The number of carbonyl (C=O) groups excluding carboxylic acids is 2. The van der Waals surface area contributed by atoms with Gasteiger partial charge in [-0.25, -0.2) is 12.8 Å². The van der Waals surface area contributed by atoms with E-state index in [1.54, 1.807) is 48.5 Å². The first kappa shape index (κ1) is 35.2. The molecule has 47 heavy (non-hydrogen) atoms. The van der Waals surface area contributed by atoms with Crippen molar-refractivity contribution in [1.82, 2.24) is 10.2 Å². The molecule has 0 saturated heterocycles. The summed E-state index contributed by atoms with van der Waals surface area (Å²) in [5.41, 5.74) is 2.63. The average molecular weight is 660 g/mol. The fourth-order valence-electron chi connectivity index (χ4n) is 5.02. The van der Waals surface area contributed by atoms with Crippen LogP contribution in [0.5, 0.6) is 5.75 Å². The third-order valence-electron chi connectivity index (χ3n) is 7.86. The molecule has 0 aliphatic rings. The number of sulfonamides is 1. The van der Waals surface area contributed by atoms with E-state index < -0.39 is 34.3 Å². The monoisotopic (exact) mass is 659 g/mol. The lowest BCUT2D eigenvalue weighted by atomic mass is 10.0. The summed E-state index contributed by atoms with van der Waals surface area (Å²) >= 11 is 0. The molecule has 4 aromatic rings. The highest BCUT2D eigenvalue weighted by Crippen LogP contribution is 2.27. The predicted molar refractivity (Wildman–Crippen MR) is 182 cm³/mol. The first-order valence-electron chi connectivity index (χ1n) is 15.7. The molecule has 0 spiro atoms. The third kappa shape index (κ3) is 9.42. The van der Waals surface area contributed by atoms with Crippen LogP contribution in [0.4, 0.5) is 10.1 Å². The SMILES string of the molecule is CCOc1ccc(S(=O)(=O)N(CC(=O)N(Cc2ccc(F)cc2)[C@@H](Cc2ccccc2)C(=O)N[C@H](C)CC)c2ccc(C)cc2)cc1. The minimum atomic E-state index is -4.25. The highest BCUT2D eigenvalue weighted by Gasteiger charge is 2.35. The van der Waals surface area contributed by atoms with Crippen LogP contribution >= 0.6 is 0 Å². The van der Waals surface area contributed by atoms with Gasteiger partial charge in [0.1, 0.15) is 24.2 Å². The second-order valence-corrected chi connectivity index (χ2v) is 13.3.